The van der Waals surface area contributed by atoms with E-state index < -0.39 is 12.1 Å². The second-order valence-corrected chi connectivity index (χ2v) is 6.29. The molecule has 1 amide bonds. The number of ether oxygens (including phenoxy) is 1. The van der Waals surface area contributed by atoms with E-state index in [0.29, 0.717) is 11.4 Å². The summed E-state index contributed by atoms with van der Waals surface area (Å²) in [5, 5.41) is 13.1. The zero-order chi connectivity index (χ0) is 17.4. The molecule has 0 radical (unpaired) electrons. The van der Waals surface area contributed by atoms with Crippen LogP contribution in [0.2, 0.25) is 0 Å². The van der Waals surface area contributed by atoms with Crippen molar-refractivity contribution < 1.29 is 14.6 Å². The number of hydrogen-bond acceptors (Lipinski definition) is 4. The third kappa shape index (κ3) is 2.96. The van der Waals surface area contributed by atoms with Crippen LogP contribution in [0.3, 0.4) is 0 Å². The van der Waals surface area contributed by atoms with Gasteiger partial charge in [0.2, 0.25) is 5.91 Å². The van der Waals surface area contributed by atoms with E-state index in [2.05, 4.69) is 10.3 Å². The van der Waals surface area contributed by atoms with Gasteiger partial charge in [-0.05, 0) is 24.6 Å². The van der Waals surface area contributed by atoms with E-state index in [0.717, 1.165) is 16.8 Å². The third-order valence-electron chi connectivity index (χ3n) is 4.43. The molecule has 0 spiro atoms. The number of imidazole rings is 1. The largest absolute Gasteiger partial charge is 0.490 e. The van der Waals surface area contributed by atoms with Crippen LogP contribution in [0.5, 0.6) is 5.75 Å². The van der Waals surface area contributed by atoms with Gasteiger partial charge in [0.25, 0.3) is 0 Å². The molecule has 6 nitrogen and oxygen atoms in total. The fourth-order valence-electron chi connectivity index (χ4n) is 3.20. The van der Waals surface area contributed by atoms with E-state index in [1.165, 1.54) is 0 Å². The lowest BCUT2D eigenvalue weighted by Gasteiger charge is -2.31. The van der Waals surface area contributed by atoms with Gasteiger partial charge in [-0.1, -0.05) is 24.3 Å². The molecule has 0 aliphatic carbocycles. The van der Waals surface area contributed by atoms with Crippen LogP contribution in [0.25, 0.3) is 5.65 Å². The molecule has 6 heteroatoms. The molecule has 2 aromatic heterocycles. The number of rotatable bonds is 3. The van der Waals surface area contributed by atoms with E-state index in [1.807, 2.05) is 60.1 Å². The Morgan fingerprint density at radius 3 is 3.04 bits per heavy atom. The molecule has 2 N–H and O–H groups in total. The van der Waals surface area contributed by atoms with Crippen molar-refractivity contribution >= 4 is 11.6 Å². The second-order valence-electron chi connectivity index (χ2n) is 6.29. The van der Waals surface area contributed by atoms with Crippen molar-refractivity contribution in [1.82, 2.24) is 14.7 Å². The molecule has 1 aromatic carbocycles. The zero-order valence-electron chi connectivity index (χ0n) is 13.8. The number of hydrogen-bond donors (Lipinski definition) is 2. The summed E-state index contributed by atoms with van der Waals surface area (Å²) < 4.78 is 7.42. The van der Waals surface area contributed by atoms with Gasteiger partial charge < -0.3 is 19.6 Å². The molecule has 25 heavy (non-hydrogen) atoms. The summed E-state index contributed by atoms with van der Waals surface area (Å²) >= 11 is 0. The third-order valence-corrected chi connectivity index (χ3v) is 4.43. The minimum Gasteiger partial charge on any atom is -0.490 e. The molecule has 0 bridgehead atoms. The Hall–Kier alpha value is -2.86. The molecule has 3 aromatic rings. The van der Waals surface area contributed by atoms with Gasteiger partial charge in [0.1, 0.15) is 24.1 Å². The molecule has 0 saturated carbocycles. The Balaban J connectivity index is 1.53. The SMILES string of the molecule is Cc1cccn2cc(CC(=O)N[C@H]3c4ccccc4OC[C@H]3O)nc12. The van der Waals surface area contributed by atoms with Crippen molar-refractivity contribution in [2.75, 3.05) is 6.61 Å². The highest BCUT2D eigenvalue weighted by atomic mass is 16.5. The van der Waals surface area contributed by atoms with E-state index >= 15 is 0 Å². The van der Waals surface area contributed by atoms with Crippen molar-refractivity contribution in [1.29, 1.82) is 0 Å². The van der Waals surface area contributed by atoms with E-state index in [-0.39, 0.29) is 18.9 Å². The summed E-state index contributed by atoms with van der Waals surface area (Å²) in [5.41, 5.74) is 3.40. The van der Waals surface area contributed by atoms with Crippen LogP contribution in [-0.4, -0.2) is 33.1 Å². The Morgan fingerprint density at radius 1 is 1.36 bits per heavy atom. The first-order valence-electron chi connectivity index (χ1n) is 8.24. The number of aliphatic hydroxyl groups excluding tert-OH is 1. The lowest BCUT2D eigenvalue weighted by Crippen LogP contribution is -2.42. The van der Waals surface area contributed by atoms with Gasteiger partial charge in [0.05, 0.1) is 18.2 Å². The van der Waals surface area contributed by atoms with Gasteiger partial charge in [0.15, 0.2) is 0 Å². The quantitative estimate of drug-likeness (QED) is 0.764. The van der Waals surface area contributed by atoms with Gasteiger partial charge >= 0.3 is 0 Å². The molecule has 0 saturated heterocycles. The van der Waals surface area contributed by atoms with Gasteiger partial charge in [-0.2, -0.15) is 0 Å². The average Bonchev–Trinajstić information content (AvgIpc) is 3.01. The van der Waals surface area contributed by atoms with Gasteiger partial charge in [-0.3, -0.25) is 4.79 Å². The first-order valence-corrected chi connectivity index (χ1v) is 8.24. The van der Waals surface area contributed by atoms with E-state index in [4.69, 9.17) is 4.74 Å². The van der Waals surface area contributed by atoms with Crippen LogP contribution in [0, 0.1) is 6.92 Å². The van der Waals surface area contributed by atoms with E-state index in [9.17, 15) is 9.90 Å². The highest BCUT2D eigenvalue weighted by molar-refractivity contribution is 5.79. The molecule has 1 aliphatic heterocycles. The number of fused-ring (bicyclic) bond motifs is 2. The molecule has 1 aliphatic rings. The predicted octanol–water partition coefficient (Wildman–Crippen LogP) is 1.80. The van der Waals surface area contributed by atoms with Crippen molar-refractivity contribution in [2.45, 2.75) is 25.5 Å². The van der Waals surface area contributed by atoms with Gasteiger partial charge in [-0.15, -0.1) is 0 Å². The second kappa shape index (κ2) is 6.22. The minimum absolute atomic E-state index is 0.160. The van der Waals surface area contributed by atoms with Crippen molar-refractivity contribution in [2.24, 2.45) is 0 Å². The first-order chi connectivity index (χ1) is 12.1. The fourth-order valence-corrected chi connectivity index (χ4v) is 3.20. The molecule has 0 unspecified atom stereocenters. The number of aryl methyl sites for hydroxylation is 1. The smallest absolute Gasteiger partial charge is 0.226 e. The van der Waals surface area contributed by atoms with Gasteiger partial charge in [0, 0.05) is 18.0 Å². The summed E-state index contributed by atoms with van der Waals surface area (Å²) in [4.78, 5) is 17.0. The standard InChI is InChI=1S/C19H19N3O3/c1-12-5-4-8-22-10-13(20-19(12)22)9-17(24)21-18-14-6-2-3-7-16(14)25-11-15(18)23/h2-8,10,15,18,23H,9,11H2,1H3,(H,21,24)/t15-,18+/m1/s1. The minimum atomic E-state index is -0.776. The first kappa shape index (κ1) is 15.7. The summed E-state index contributed by atoms with van der Waals surface area (Å²) in [6, 6.07) is 10.9. The van der Waals surface area contributed by atoms with Crippen LogP contribution in [0.4, 0.5) is 0 Å². The number of pyridine rings is 1. The zero-order valence-corrected chi connectivity index (χ0v) is 13.8. The van der Waals surface area contributed by atoms with Crippen molar-refractivity contribution in [3.05, 3.63) is 65.6 Å². The number of aromatic nitrogens is 2. The lowest BCUT2D eigenvalue weighted by atomic mass is 9.98. The number of nitrogens with one attached hydrogen (secondary N) is 1. The normalized spacial score (nSPS) is 19.3. The maximum atomic E-state index is 12.5. The number of nitrogens with zero attached hydrogens (tertiary/aromatic N) is 2. The topological polar surface area (TPSA) is 75.9 Å². The Morgan fingerprint density at radius 2 is 2.20 bits per heavy atom. The Bertz CT molecular complexity index is 935. The molecular weight excluding hydrogens is 318 g/mol. The Kier molecular flexibility index (Phi) is 3.89. The van der Waals surface area contributed by atoms with Crippen LogP contribution < -0.4 is 10.1 Å². The van der Waals surface area contributed by atoms with Crippen LogP contribution >= 0.6 is 0 Å². The summed E-state index contributed by atoms with van der Waals surface area (Å²) in [6.45, 7) is 2.15. The number of benzene rings is 1. The number of carbonyl (C=O) groups excluding carboxylic acids is 1. The molecule has 3 heterocycles. The Labute approximate surface area is 145 Å². The number of para-hydroxylation sites is 1. The molecule has 2 atom stereocenters. The number of aliphatic hydroxyl groups is 1. The van der Waals surface area contributed by atoms with E-state index in [1.54, 1.807) is 0 Å². The highest BCUT2D eigenvalue weighted by Crippen LogP contribution is 2.31. The molecule has 4 rings (SSSR count). The maximum absolute atomic E-state index is 12.5. The molecular formula is C19H19N3O3. The van der Waals surface area contributed by atoms with Crippen LogP contribution in [0.1, 0.15) is 22.9 Å². The fraction of sp³-hybridized carbons (Fsp3) is 0.263. The molecule has 128 valence electrons. The predicted molar refractivity (Wildman–Crippen MR) is 92.5 cm³/mol. The average molecular weight is 337 g/mol. The number of amides is 1. The summed E-state index contributed by atoms with van der Waals surface area (Å²) in [6.07, 6.45) is 3.15. The monoisotopic (exact) mass is 337 g/mol. The summed E-state index contributed by atoms with van der Waals surface area (Å²) in [5.74, 6) is 0.517. The maximum Gasteiger partial charge on any atom is 0.226 e. The number of carbonyl (C=O) groups is 1. The lowest BCUT2D eigenvalue weighted by molar-refractivity contribution is -0.122. The molecule has 0 fully saturated rings. The van der Waals surface area contributed by atoms with Crippen LogP contribution in [0.15, 0.2) is 48.8 Å². The van der Waals surface area contributed by atoms with Gasteiger partial charge in [-0.25, -0.2) is 4.98 Å². The van der Waals surface area contributed by atoms with Crippen molar-refractivity contribution in [3.8, 4) is 5.75 Å². The van der Waals surface area contributed by atoms with Crippen molar-refractivity contribution in [3.63, 3.8) is 0 Å². The summed E-state index contributed by atoms with van der Waals surface area (Å²) in [7, 11) is 0. The highest BCUT2D eigenvalue weighted by Gasteiger charge is 2.30. The van der Waals surface area contributed by atoms with Crippen LogP contribution in [-0.2, 0) is 11.2 Å².